The fourth-order valence-electron chi connectivity index (χ4n) is 1.78. The van der Waals surface area contributed by atoms with Crippen LogP contribution in [-0.2, 0) is 0 Å². The van der Waals surface area contributed by atoms with Crippen molar-refractivity contribution < 1.29 is 14.0 Å². The highest BCUT2D eigenvalue weighted by atomic mass is 19.1. The van der Waals surface area contributed by atoms with Gasteiger partial charge in [0, 0.05) is 5.56 Å². The first-order valence-corrected chi connectivity index (χ1v) is 5.82. The fraction of sp³-hybridized carbons (Fsp3) is 0. The number of aromatic nitrogens is 2. The normalized spacial score (nSPS) is 10.7. The Morgan fingerprint density at radius 1 is 1.10 bits per heavy atom. The van der Waals surface area contributed by atoms with Crippen molar-refractivity contribution in [2.24, 2.45) is 0 Å². The molecule has 0 aliphatic carbocycles. The molecule has 0 radical (unpaired) electrons. The van der Waals surface area contributed by atoms with Gasteiger partial charge in [0.15, 0.2) is 5.75 Å². The lowest BCUT2D eigenvalue weighted by Crippen LogP contribution is -1.88. The maximum absolute atomic E-state index is 12.9. The van der Waals surface area contributed by atoms with E-state index in [0.29, 0.717) is 17.0 Å². The number of benzene rings is 2. The number of hydrogen-bond donors (Lipinski definition) is 2. The molecule has 0 saturated carbocycles. The van der Waals surface area contributed by atoms with Gasteiger partial charge >= 0.3 is 0 Å². The zero-order valence-electron chi connectivity index (χ0n) is 10.2. The smallest absolute Gasteiger partial charge is 0.262 e. The monoisotopic (exact) mass is 271 g/mol. The lowest BCUT2D eigenvalue weighted by Gasteiger charge is -2.01. The van der Waals surface area contributed by atoms with Crippen molar-refractivity contribution in [3.8, 4) is 28.6 Å². The summed E-state index contributed by atoms with van der Waals surface area (Å²) in [4.78, 5) is 4.17. The summed E-state index contributed by atoms with van der Waals surface area (Å²) in [5, 5.41) is 13.7. The predicted octanol–water partition coefficient (Wildman–Crippen LogP) is 2.83. The van der Waals surface area contributed by atoms with Crippen molar-refractivity contribution in [2.75, 3.05) is 5.73 Å². The molecule has 0 saturated heterocycles. The van der Waals surface area contributed by atoms with E-state index in [2.05, 4.69) is 10.1 Å². The van der Waals surface area contributed by atoms with E-state index in [-0.39, 0.29) is 23.1 Å². The van der Waals surface area contributed by atoms with Crippen LogP contribution in [0.15, 0.2) is 47.0 Å². The summed E-state index contributed by atoms with van der Waals surface area (Å²) < 4.78 is 18.0. The second-order valence-electron chi connectivity index (χ2n) is 4.17. The summed E-state index contributed by atoms with van der Waals surface area (Å²) >= 11 is 0. The Morgan fingerprint density at radius 2 is 1.85 bits per heavy atom. The van der Waals surface area contributed by atoms with Crippen LogP contribution in [0.3, 0.4) is 0 Å². The van der Waals surface area contributed by atoms with Crippen molar-refractivity contribution in [1.82, 2.24) is 10.1 Å². The largest absolute Gasteiger partial charge is 0.505 e. The minimum Gasteiger partial charge on any atom is -0.505 e. The Labute approximate surface area is 113 Å². The molecule has 0 bridgehead atoms. The SMILES string of the molecule is Nc1cccc(-c2nc(-c3ccc(F)cc3)no2)c1O. The summed E-state index contributed by atoms with van der Waals surface area (Å²) in [6.07, 6.45) is 0. The van der Waals surface area contributed by atoms with Crippen LogP contribution in [-0.4, -0.2) is 15.2 Å². The highest BCUT2D eigenvalue weighted by Crippen LogP contribution is 2.33. The average Bonchev–Trinajstić information content (AvgIpc) is 2.92. The van der Waals surface area contributed by atoms with E-state index in [1.54, 1.807) is 30.3 Å². The number of phenolic OH excluding ortho intramolecular Hbond substituents is 1. The van der Waals surface area contributed by atoms with Gasteiger partial charge in [0.25, 0.3) is 5.89 Å². The third-order valence-corrected chi connectivity index (χ3v) is 2.83. The van der Waals surface area contributed by atoms with E-state index < -0.39 is 0 Å². The first kappa shape index (κ1) is 12.2. The van der Waals surface area contributed by atoms with E-state index >= 15 is 0 Å². The number of aromatic hydroxyl groups is 1. The number of hydrogen-bond acceptors (Lipinski definition) is 5. The quantitative estimate of drug-likeness (QED) is 0.553. The minimum atomic E-state index is -0.342. The van der Waals surface area contributed by atoms with Crippen LogP contribution in [0, 0.1) is 5.82 Å². The minimum absolute atomic E-state index is 0.109. The highest BCUT2D eigenvalue weighted by Gasteiger charge is 2.15. The molecule has 2 aromatic carbocycles. The van der Waals surface area contributed by atoms with E-state index in [4.69, 9.17) is 10.3 Å². The molecule has 0 unspecified atom stereocenters. The van der Waals surface area contributed by atoms with Crippen LogP contribution in [0.25, 0.3) is 22.8 Å². The van der Waals surface area contributed by atoms with Gasteiger partial charge in [-0.05, 0) is 36.4 Å². The fourth-order valence-corrected chi connectivity index (χ4v) is 1.78. The van der Waals surface area contributed by atoms with E-state index in [0.717, 1.165) is 0 Å². The molecule has 3 N–H and O–H groups in total. The zero-order valence-corrected chi connectivity index (χ0v) is 10.2. The number of para-hydroxylation sites is 1. The van der Waals surface area contributed by atoms with Gasteiger partial charge in [-0.2, -0.15) is 4.98 Å². The lowest BCUT2D eigenvalue weighted by molar-refractivity contribution is 0.426. The van der Waals surface area contributed by atoms with E-state index in [1.807, 2.05) is 0 Å². The molecular formula is C14H10FN3O2. The topological polar surface area (TPSA) is 85.2 Å². The van der Waals surface area contributed by atoms with Crippen LogP contribution in [0.5, 0.6) is 5.75 Å². The Kier molecular flexibility index (Phi) is 2.83. The third kappa shape index (κ3) is 2.07. The predicted molar refractivity (Wildman–Crippen MR) is 71.2 cm³/mol. The maximum Gasteiger partial charge on any atom is 0.262 e. The highest BCUT2D eigenvalue weighted by molar-refractivity contribution is 5.72. The van der Waals surface area contributed by atoms with E-state index in [1.165, 1.54) is 12.1 Å². The van der Waals surface area contributed by atoms with Crippen molar-refractivity contribution >= 4 is 5.69 Å². The van der Waals surface area contributed by atoms with Crippen LogP contribution < -0.4 is 5.73 Å². The van der Waals surface area contributed by atoms with Gasteiger partial charge in [0.1, 0.15) is 5.82 Å². The van der Waals surface area contributed by atoms with Crippen molar-refractivity contribution in [2.45, 2.75) is 0 Å². The molecule has 0 atom stereocenters. The first-order valence-electron chi connectivity index (χ1n) is 5.82. The summed E-state index contributed by atoms with van der Waals surface area (Å²) in [6, 6.07) is 10.6. The second-order valence-corrected chi connectivity index (χ2v) is 4.17. The molecule has 0 aliphatic rings. The lowest BCUT2D eigenvalue weighted by atomic mass is 10.1. The third-order valence-electron chi connectivity index (χ3n) is 2.83. The number of phenols is 1. The molecule has 1 aromatic heterocycles. The molecule has 0 spiro atoms. The summed E-state index contributed by atoms with van der Waals surface area (Å²) in [7, 11) is 0. The Hall–Kier alpha value is -2.89. The van der Waals surface area contributed by atoms with Gasteiger partial charge in [0.2, 0.25) is 5.82 Å². The molecule has 3 aromatic rings. The average molecular weight is 271 g/mol. The van der Waals surface area contributed by atoms with Crippen molar-refractivity contribution in [3.05, 3.63) is 48.3 Å². The Bertz CT molecular complexity index is 753. The maximum atomic E-state index is 12.9. The van der Waals surface area contributed by atoms with Crippen molar-refractivity contribution in [3.63, 3.8) is 0 Å². The number of nitrogens with zero attached hydrogens (tertiary/aromatic N) is 2. The van der Waals surface area contributed by atoms with Crippen molar-refractivity contribution in [1.29, 1.82) is 0 Å². The molecule has 20 heavy (non-hydrogen) atoms. The molecule has 6 heteroatoms. The van der Waals surface area contributed by atoms with Gasteiger partial charge in [-0.1, -0.05) is 11.2 Å². The van der Waals surface area contributed by atoms with Crippen LogP contribution >= 0.6 is 0 Å². The second kappa shape index (κ2) is 4.65. The first-order chi connectivity index (χ1) is 9.65. The Morgan fingerprint density at radius 3 is 2.60 bits per heavy atom. The molecule has 0 fully saturated rings. The Balaban J connectivity index is 2.02. The van der Waals surface area contributed by atoms with Crippen LogP contribution in [0.2, 0.25) is 0 Å². The number of halogens is 1. The molecule has 100 valence electrons. The van der Waals surface area contributed by atoms with Gasteiger partial charge in [-0.25, -0.2) is 4.39 Å². The number of nitrogens with two attached hydrogens (primary N) is 1. The van der Waals surface area contributed by atoms with Gasteiger partial charge in [0.05, 0.1) is 11.3 Å². The van der Waals surface area contributed by atoms with Gasteiger partial charge in [-0.15, -0.1) is 0 Å². The number of rotatable bonds is 2. The summed E-state index contributed by atoms with van der Waals surface area (Å²) in [5.41, 5.74) is 6.81. The molecule has 1 heterocycles. The van der Waals surface area contributed by atoms with Gasteiger partial charge < -0.3 is 15.4 Å². The summed E-state index contributed by atoms with van der Waals surface area (Å²) in [6.45, 7) is 0. The standard InChI is InChI=1S/C14H10FN3O2/c15-9-6-4-8(5-7-9)13-17-14(20-18-13)10-2-1-3-11(16)12(10)19/h1-7,19H,16H2. The molecular weight excluding hydrogens is 261 g/mol. The molecule has 0 aliphatic heterocycles. The van der Waals surface area contributed by atoms with Crippen LogP contribution in [0.4, 0.5) is 10.1 Å². The van der Waals surface area contributed by atoms with E-state index in [9.17, 15) is 9.50 Å². The molecule has 3 rings (SSSR count). The molecule has 5 nitrogen and oxygen atoms in total. The summed E-state index contributed by atoms with van der Waals surface area (Å²) in [5.74, 6) is 0.00343. The number of nitrogen functional groups attached to an aromatic ring is 1. The van der Waals surface area contributed by atoms with Gasteiger partial charge in [-0.3, -0.25) is 0 Å². The number of anilines is 1. The van der Waals surface area contributed by atoms with Crippen LogP contribution in [0.1, 0.15) is 0 Å². The zero-order chi connectivity index (χ0) is 14.1. The molecule has 0 amide bonds.